The second-order valence-electron chi connectivity index (χ2n) is 14.3. The molecule has 252 valence electrons. The number of hydrogen-bond donors (Lipinski definition) is 0. The quantitative estimate of drug-likeness (QED) is 0.163. The van der Waals surface area contributed by atoms with Crippen LogP contribution in [-0.4, -0.2) is 0 Å². The zero-order valence-corrected chi connectivity index (χ0v) is 29.5. The molecule has 2 nitrogen and oxygen atoms in total. The number of fused-ring (bicyclic) bond motifs is 6. The van der Waals surface area contributed by atoms with E-state index in [1.807, 2.05) is 6.07 Å². The van der Waals surface area contributed by atoms with Crippen molar-refractivity contribution in [3.63, 3.8) is 0 Å². The summed E-state index contributed by atoms with van der Waals surface area (Å²) < 4.78 is 6.34. The Morgan fingerprint density at radius 1 is 0.509 bits per heavy atom. The highest BCUT2D eigenvalue weighted by molar-refractivity contribution is 6.10. The van der Waals surface area contributed by atoms with Gasteiger partial charge in [0.25, 0.3) is 0 Å². The Morgan fingerprint density at radius 3 is 1.94 bits per heavy atom. The summed E-state index contributed by atoms with van der Waals surface area (Å²) in [6.07, 6.45) is 5.88. The van der Waals surface area contributed by atoms with Gasteiger partial charge in [0.15, 0.2) is 0 Å². The summed E-state index contributed by atoms with van der Waals surface area (Å²) in [7, 11) is 0. The fraction of sp³-hybridized carbons (Fsp3) is 0.0588. The molecule has 0 saturated carbocycles. The average molecular weight is 680 g/mol. The van der Waals surface area contributed by atoms with Crippen molar-refractivity contribution in [2.75, 3.05) is 4.90 Å². The maximum absolute atomic E-state index is 6.34. The largest absolute Gasteiger partial charge is 0.456 e. The molecule has 53 heavy (non-hydrogen) atoms. The number of benzene rings is 8. The van der Waals surface area contributed by atoms with Gasteiger partial charge >= 0.3 is 0 Å². The summed E-state index contributed by atoms with van der Waals surface area (Å²) in [4.78, 5) is 2.49. The van der Waals surface area contributed by atoms with E-state index in [1.54, 1.807) is 0 Å². The van der Waals surface area contributed by atoms with Gasteiger partial charge in [-0.25, -0.2) is 0 Å². The van der Waals surface area contributed by atoms with Crippen molar-refractivity contribution in [2.24, 2.45) is 0 Å². The Kier molecular flexibility index (Phi) is 7.37. The molecule has 0 N–H and O–H groups in total. The third-order valence-electron chi connectivity index (χ3n) is 11.0. The van der Waals surface area contributed by atoms with Crippen LogP contribution in [0.25, 0.3) is 60.2 Å². The van der Waals surface area contributed by atoms with Crippen LogP contribution in [0.5, 0.6) is 0 Å². The van der Waals surface area contributed by atoms with Crippen molar-refractivity contribution >= 4 is 60.4 Å². The topological polar surface area (TPSA) is 16.4 Å². The van der Waals surface area contributed by atoms with Crippen LogP contribution in [-0.2, 0) is 5.41 Å². The van der Waals surface area contributed by atoms with E-state index in [9.17, 15) is 0 Å². The highest BCUT2D eigenvalue weighted by atomic mass is 16.3. The lowest BCUT2D eigenvalue weighted by atomic mass is 9.72. The van der Waals surface area contributed by atoms with Crippen LogP contribution in [0.1, 0.15) is 24.5 Å². The molecule has 0 amide bonds. The fourth-order valence-electron chi connectivity index (χ4n) is 8.43. The molecule has 10 rings (SSSR count). The zero-order chi connectivity index (χ0) is 35.4. The number of allylic oxidation sites excluding steroid dienone is 3. The van der Waals surface area contributed by atoms with E-state index in [2.05, 4.69) is 200 Å². The molecule has 0 bridgehead atoms. The molecule has 0 fully saturated rings. The minimum absolute atomic E-state index is 0.316. The van der Waals surface area contributed by atoms with Crippen LogP contribution in [0.15, 0.2) is 204 Å². The van der Waals surface area contributed by atoms with Gasteiger partial charge in [-0.05, 0) is 87.1 Å². The molecule has 1 heterocycles. The molecule has 9 aromatic rings. The lowest BCUT2D eigenvalue weighted by Gasteiger charge is -2.38. The summed E-state index contributed by atoms with van der Waals surface area (Å²) in [6, 6.07) is 65.5. The highest BCUT2D eigenvalue weighted by Crippen LogP contribution is 2.49. The molecular weight excluding hydrogens is 643 g/mol. The first-order valence-electron chi connectivity index (χ1n) is 18.4. The van der Waals surface area contributed by atoms with E-state index in [0.29, 0.717) is 0 Å². The number of anilines is 2. The summed E-state index contributed by atoms with van der Waals surface area (Å²) in [5.41, 5.74) is 10.9. The van der Waals surface area contributed by atoms with Crippen molar-refractivity contribution in [1.82, 2.24) is 0 Å². The van der Waals surface area contributed by atoms with Crippen molar-refractivity contribution in [2.45, 2.75) is 18.8 Å². The maximum atomic E-state index is 6.34. The molecule has 0 spiro atoms. The summed E-state index contributed by atoms with van der Waals surface area (Å²) in [6.45, 7) is 2.41. The Bertz CT molecular complexity index is 2880. The number of hydrogen-bond acceptors (Lipinski definition) is 2. The van der Waals surface area contributed by atoms with Crippen molar-refractivity contribution in [3.05, 3.63) is 211 Å². The standard InChI is InChI=1S/C51H37NO/c1-51(46-32-37-20-8-9-21-39(37)42-23-10-11-24-43(42)46)31-30-41(36-18-6-3-7-19-36)48(34-51)52(47-26-14-12-22-40(47)35-16-4-2-5-17-35)38-28-29-50-45(33-38)44-25-13-15-27-49(44)53-50/h2-30,32-34H,31H2,1H3. The molecule has 0 radical (unpaired) electrons. The minimum Gasteiger partial charge on any atom is -0.456 e. The third-order valence-corrected chi connectivity index (χ3v) is 11.0. The third kappa shape index (κ3) is 5.26. The van der Waals surface area contributed by atoms with Gasteiger partial charge in [0.1, 0.15) is 11.2 Å². The van der Waals surface area contributed by atoms with E-state index in [4.69, 9.17) is 4.42 Å². The molecule has 0 saturated heterocycles. The maximum Gasteiger partial charge on any atom is 0.135 e. The van der Waals surface area contributed by atoms with Gasteiger partial charge in [-0.1, -0.05) is 159 Å². The smallest absolute Gasteiger partial charge is 0.135 e. The van der Waals surface area contributed by atoms with Gasteiger partial charge in [-0.2, -0.15) is 0 Å². The molecule has 1 unspecified atom stereocenters. The minimum atomic E-state index is -0.316. The Hall–Kier alpha value is -6.64. The van der Waals surface area contributed by atoms with Gasteiger partial charge < -0.3 is 9.32 Å². The normalized spacial score (nSPS) is 15.9. The lowest BCUT2D eigenvalue weighted by Crippen LogP contribution is -2.28. The number of nitrogens with zero attached hydrogens (tertiary/aromatic N) is 1. The predicted molar refractivity (Wildman–Crippen MR) is 224 cm³/mol. The lowest BCUT2D eigenvalue weighted by molar-refractivity contribution is 0.601. The van der Waals surface area contributed by atoms with E-state index in [-0.39, 0.29) is 5.41 Å². The Morgan fingerprint density at radius 2 is 1.13 bits per heavy atom. The van der Waals surface area contributed by atoms with Crippen molar-refractivity contribution in [3.8, 4) is 11.1 Å². The molecule has 8 aromatic carbocycles. The van der Waals surface area contributed by atoms with Gasteiger partial charge in [0, 0.05) is 33.0 Å². The van der Waals surface area contributed by atoms with E-state index in [1.165, 1.54) is 49.4 Å². The van der Waals surface area contributed by atoms with Gasteiger partial charge in [0.2, 0.25) is 0 Å². The molecule has 0 aliphatic heterocycles. The van der Waals surface area contributed by atoms with E-state index < -0.39 is 0 Å². The van der Waals surface area contributed by atoms with Crippen LogP contribution in [0.2, 0.25) is 0 Å². The van der Waals surface area contributed by atoms with E-state index >= 15 is 0 Å². The van der Waals surface area contributed by atoms with Gasteiger partial charge in [0.05, 0.1) is 11.4 Å². The summed E-state index contributed by atoms with van der Waals surface area (Å²) in [5.74, 6) is 0. The predicted octanol–water partition coefficient (Wildman–Crippen LogP) is 14.0. The average Bonchev–Trinajstić information content (AvgIpc) is 3.60. The first-order valence-corrected chi connectivity index (χ1v) is 18.4. The number of furan rings is 1. The van der Waals surface area contributed by atoms with Gasteiger partial charge in [-0.15, -0.1) is 0 Å². The molecule has 1 aliphatic carbocycles. The summed E-state index contributed by atoms with van der Waals surface area (Å²) >= 11 is 0. The van der Waals surface area contributed by atoms with Crippen LogP contribution in [0, 0.1) is 0 Å². The van der Waals surface area contributed by atoms with Crippen molar-refractivity contribution in [1.29, 1.82) is 0 Å². The summed E-state index contributed by atoms with van der Waals surface area (Å²) in [5, 5.41) is 7.35. The van der Waals surface area contributed by atoms with Crippen LogP contribution in [0.4, 0.5) is 11.4 Å². The van der Waals surface area contributed by atoms with Crippen LogP contribution < -0.4 is 4.90 Å². The molecule has 2 heteroatoms. The second kappa shape index (κ2) is 12.5. The van der Waals surface area contributed by atoms with Gasteiger partial charge in [-0.3, -0.25) is 0 Å². The number of rotatable bonds is 6. The Labute approximate surface area is 309 Å². The molecule has 1 aliphatic rings. The van der Waals surface area contributed by atoms with Crippen LogP contribution >= 0.6 is 0 Å². The Balaban J connectivity index is 1.28. The monoisotopic (exact) mass is 679 g/mol. The van der Waals surface area contributed by atoms with E-state index in [0.717, 1.165) is 45.4 Å². The molecular formula is C51H37NO. The fourth-order valence-corrected chi connectivity index (χ4v) is 8.43. The van der Waals surface area contributed by atoms with Crippen LogP contribution in [0.3, 0.4) is 0 Å². The SMILES string of the molecule is CC1(c2cc3ccccc3c3ccccc23)C=C(N(c2ccc3oc4ccccc4c3c2)c2ccccc2-c2ccccc2)C(c2ccccc2)=CC1. The molecule has 1 aromatic heterocycles. The molecule has 1 atom stereocenters. The second-order valence-corrected chi connectivity index (χ2v) is 14.3. The zero-order valence-electron chi connectivity index (χ0n) is 29.5. The number of para-hydroxylation sites is 2. The highest BCUT2D eigenvalue weighted by Gasteiger charge is 2.34. The first-order chi connectivity index (χ1) is 26.1. The van der Waals surface area contributed by atoms with Crippen molar-refractivity contribution < 1.29 is 4.42 Å². The first kappa shape index (κ1) is 31.1.